The molecule has 0 saturated heterocycles. The minimum absolute atomic E-state index is 0.0446. The first-order chi connectivity index (χ1) is 16.0. The number of carbonyl (C=O) groups excluding carboxylic acids is 1. The lowest BCUT2D eigenvalue weighted by atomic mass is 10.1. The van der Waals surface area contributed by atoms with Gasteiger partial charge in [-0.2, -0.15) is 4.98 Å². The van der Waals surface area contributed by atoms with Crippen LogP contribution in [0.4, 0.5) is 14.5 Å². The monoisotopic (exact) mass is 463 g/mol. The lowest BCUT2D eigenvalue weighted by Gasteiger charge is -2.24. The number of amides is 1. The van der Waals surface area contributed by atoms with Crippen LogP contribution in [0.25, 0.3) is 11.5 Å². The normalized spacial score (nSPS) is 10.9. The number of benzene rings is 1. The van der Waals surface area contributed by atoms with Crippen LogP contribution in [0.2, 0.25) is 0 Å². The summed E-state index contributed by atoms with van der Waals surface area (Å²) in [6.07, 6.45) is 2.92. The number of hydrogen-bond acceptors (Lipinski definition) is 9. The number of aromatic nitrogens is 3. The van der Waals surface area contributed by atoms with Gasteiger partial charge in [-0.25, -0.2) is 14.3 Å². The van der Waals surface area contributed by atoms with Crippen LogP contribution in [-0.4, -0.2) is 66.8 Å². The van der Waals surface area contributed by atoms with E-state index in [0.717, 1.165) is 17.8 Å². The summed E-state index contributed by atoms with van der Waals surface area (Å²) in [5.74, 6) is -2.80. The summed E-state index contributed by atoms with van der Waals surface area (Å²) in [5.41, 5.74) is 1.94. The van der Waals surface area contributed by atoms with Crippen molar-refractivity contribution in [2.45, 2.75) is 6.42 Å². The van der Waals surface area contributed by atoms with E-state index in [4.69, 9.17) is 19.2 Å². The van der Waals surface area contributed by atoms with Crippen molar-refractivity contribution < 1.29 is 32.8 Å². The van der Waals surface area contributed by atoms with E-state index >= 15 is 0 Å². The maximum Gasteiger partial charge on any atom is 0.274 e. The summed E-state index contributed by atoms with van der Waals surface area (Å²) in [4.78, 5) is 21.8. The minimum Gasteiger partial charge on any atom is -0.383 e. The minimum atomic E-state index is -1.03. The van der Waals surface area contributed by atoms with Crippen molar-refractivity contribution in [3.63, 3.8) is 0 Å². The van der Waals surface area contributed by atoms with Gasteiger partial charge < -0.3 is 18.9 Å². The van der Waals surface area contributed by atoms with Crippen molar-refractivity contribution in [2.75, 3.05) is 45.4 Å². The molecule has 0 aliphatic heterocycles. The molecule has 2 aromatic heterocycles. The number of anilines is 1. The maximum absolute atomic E-state index is 14.3. The lowest BCUT2D eigenvalue weighted by molar-refractivity contribution is 0.0705. The number of nitrogens with zero attached hydrogens (tertiary/aromatic N) is 4. The van der Waals surface area contributed by atoms with Crippen LogP contribution in [0, 0.1) is 11.6 Å². The van der Waals surface area contributed by atoms with Crippen molar-refractivity contribution in [1.82, 2.24) is 20.6 Å². The Morgan fingerprint density at radius 1 is 1.12 bits per heavy atom. The predicted octanol–water partition coefficient (Wildman–Crippen LogP) is 2.22. The Morgan fingerprint density at radius 2 is 1.79 bits per heavy atom. The lowest BCUT2D eigenvalue weighted by Crippen LogP contribution is -2.30. The van der Waals surface area contributed by atoms with E-state index in [0.29, 0.717) is 31.9 Å². The number of hydroxylamine groups is 1. The SMILES string of the molecule is COCCN(CCOC)c1cncc(-c2nc(Cc3c(F)cc(C(=O)NO)cc3F)no2)c1. The Labute approximate surface area is 188 Å². The Bertz CT molecular complexity index is 1060. The van der Waals surface area contributed by atoms with E-state index in [2.05, 4.69) is 15.1 Å². The fourth-order valence-corrected chi connectivity index (χ4v) is 3.06. The molecule has 0 bridgehead atoms. The van der Waals surface area contributed by atoms with Gasteiger partial charge in [0.2, 0.25) is 0 Å². The summed E-state index contributed by atoms with van der Waals surface area (Å²) in [6, 6.07) is 3.43. The average Bonchev–Trinajstić information content (AvgIpc) is 3.29. The fourth-order valence-electron chi connectivity index (χ4n) is 3.06. The molecule has 2 heterocycles. The summed E-state index contributed by atoms with van der Waals surface area (Å²) < 4.78 is 44.3. The molecule has 0 fully saturated rings. The van der Waals surface area contributed by atoms with Crippen molar-refractivity contribution in [1.29, 1.82) is 0 Å². The molecule has 0 spiro atoms. The van der Waals surface area contributed by atoms with E-state index in [1.807, 2.05) is 4.90 Å². The Morgan fingerprint density at radius 3 is 2.39 bits per heavy atom. The second kappa shape index (κ2) is 11.4. The molecule has 3 rings (SSSR count). The second-order valence-electron chi connectivity index (χ2n) is 6.96. The molecule has 1 amide bonds. The number of carbonyl (C=O) groups is 1. The largest absolute Gasteiger partial charge is 0.383 e. The highest BCUT2D eigenvalue weighted by Gasteiger charge is 2.19. The highest BCUT2D eigenvalue weighted by Crippen LogP contribution is 2.24. The van der Waals surface area contributed by atoms with Crippen LogP contribution in [0.3, 0.4) is 0 Å². The zero-order valence-electron chi connectivity index (χ0n) is 18.0. The summed E-state index contributed by atoms with van der Waals surface area (Å²) in [7, 11) is 3.23. The zero-order chi connectivity index (χ0) is 23.8. The number of nitrogens with one attached hydrogen (secondary N) is 1. The van der Waals surface area contributed by atoms with Crippen LogP contribution in [0.15, 0.2) is 35.1 Å². The quantitative estimate of drug-likeness (QED) is 0.325. The van der Waals surface area contributed by atoms with Gasteiger partial charge in [-0.3, -0.25) is 15.0 Å². The summed E-state index contributed by atoms with van der Waals surface area (Å²) in [6.45, 7) is 2.24. The highest BCUT2D eigenvalue weighted by molar-refractivity contribution is 5.93. The van der Waals surface area contributed by atoms with Crippen molar-refractivity contribution in [2.24, 2.45) is 0 Å². The van der Waals surface area contributed by atoms with E-state index in [9.17, 15) is 13.6 Å². The third kappa shape index (κ3) is 6.06. The average molecular weight is 463 g/mol. The fraction of sp³-hybridized carbons (Fsp3) is 0.333. The number of hydrogen-bond donors (Lipinski definition) is 2. The molecule has 2 N–H and O–H groups in total. The number of pyridine rings is 1. The Balaban J connectivity index is 1.81. The topological polar surface area (TPSA) is 123 Å². The van der Waals surface area contributed by atoms with Crippen LogP contribution in [-0.2, 0) is 15.9 Å². The van der Waals surface area contributed by atoms with Crippen LogP contribution in [0.1, 0.15) is 21.7 Å². The van der Waals surface area contributed by atoms with Gasteiger partial charge in [0, 0.05) is 51.1 Å². The molecular formula is C21H23F2N5O5. The van der Waals surface area contributed by atoms with E-state index in [1.54, 1.807) is 26.5 Å². The van der Waals surface area contributed by atoms with Crippen LogP contribution < -0.4 is 10.4 Å². The van der Waals surface area contributed by atoms with Gasteiger partial charge in [-0.1, -0.05) is 5.16 Å². The van der Waals surface area contributed by atoms with Gasteiger partial charge in [0.15, 0.2) is 5.82 Å². The molecule has 0 aliphatic carbocycles. The number of rotatable bonds is 11. The molecule has 0 atom stereocenters. The summed E-state index contributed by atoms with van der Waals surface area (Å²) in [5, 5.41) is 12.4. The molecule has 176 valence electrons. The molecule has 0 radical (unpaired) electrons. The molecule has 0 saturated carbocycles. The van der Waals surface area contributed by atoms with Crippen molar-refractivity contribution in [3.05, 3.63) is 59.2 Å². The van der Waals surface area contributed by atoms with Gasteiger partial charge in [0.25, 0.3) is 11.8 Å². The Hall–Kier alpha value is -3.48. The molecule has 12 heteroatoms. The standard InChI is InChI=1S/C21H23F2N5O5/c1-31-5-3-28(4-6-32-2)15-7-14(11-24-12-15)21-25-19(27-33-21)10-16-17(22)8-13(9-18(16)23)20(29)26-30/h7-9,11-12,30H,3-6,10H2,1-2H3,(H,26,29). The molecule has 0 unspecified atom stereocenters. The van der Waals surface area contributed by atoms with Crippen LogP contribution >= 0.6 is 0 Å². The highest BCUT2D eigenvalue weighted by atomic mass is 19.1. The smallest absolute Gasteiger partial charge is 0.274 e. The van der Waals surface area contributed by atoms with Gasteiger partial charge in [-0.05, 0) is 18.2 Å². The number of ether oxygens (including phenoxy) is 2. The van der Waals surface area contributed by atoms with Gasteiger partial charge in [0.1, 0.15) is 11.6 Å². The van der Waals surface area contributed by atoms with Crippen molar-refractivity contribution >= 4 is 11.6 Å². The van der Waals surface area contributed by atoms with E-state index in [1.165, 1.54) is 11.7 Å². The summed E-state index contributed by atoms with van der Waals surface area (Å²) >= 11 is 0. The van der Waals surface area contributed by atoms with Gasteiger partial charge in [0.05, 0.1) is 30.7 Å². The zero-order valence-corrected chi connectivity index (χ0v) is 18.0. The third-order valence-electron chi connectivity index (χ3n) is 4.77. The molecule has 33 heavy (non-hydrogen) atoms. The van der Waals surface area contributed by atoms with Crippen LogP contribution in [0.5, 0.6) is 0 Å². The van der Waals surface area contributed by atoms with E-state index in [-0.39, 0.29) is 29.3 Å². The maximum atomic E-state index is 14.3. The van der Waals surface area contributed by atoms with Crippen molar-refractivity contribution in [3.8, 4) is 11.5 Å². The molecular weight excluding hydrogens is 440 g/mol. The molecule has 3 aromatic rings. The Kier molecular flexibility index (Phi) is 8.35. The predicted molar refractivity (Wildman–Crippen MR) is 112 cm³/mol. The number of methoxy groups -OCH3 is 2. The first kappa shape index (κ1) is 24.2. The molecule has 1 aromatic carbocycles. The van der Waals surface area contributed by atoms with Gasteiger partial charge >= 0.3 is 0 Å². The molecule has 0 aliphatic rings. The third-order valence-corrected chi connectivity index (χ3v) is 4.77. The van der Waals surface area contributed by atoms with E-state index < -0.39 is 17.5 Å². The first-order valence-electron chi connectivity index (χ1n) is 9.90. The molecule has 10 nitrogen and oxygen atoms in total. The van der Waals surface area contributed by atoms with Gasteiger partial charge in [-0.15, -0.1) is 0 Å². The first-order valence-corrected chi connectivity index (χ1v) is 9.90. The number of halogens is 2. The second-order valence-corrected chi connectivity index (χ2v) is 6.96.